The number of amides is 1. The first-order valence-electron chi connectivity index (χ1n) is 15.6. The average Bonchev–Trinajstić information content (AvgIpc) is 3.51. The zero-order valence-corrected chi connectivity index (χ0v) is 26.4. The highest BCUT2D eigenvalue weighted by molar-refractivity contribution is 6.01. The van der Waals surface area contributed by atoms with E-state index in [1.165, 1.54) is 18.2 Å². The summed E-state index contributed by atoms with van der Waals surface area (Å²) in [6.07, 6.45) is -1.56. The van der Waals surface area contributed by atoms with Gasteiger partial charge in [-0.15, -0.1) is 0 Å². The van der Waals surface area contributed by atoms with Crippen LogP contribution < -0.4 is 10.1 Å². The molecule has 1 aliphatic rings. The van der Waals surface area contributed by atoms with Crippen molar-refractivity contribution in [1.29, 1.82) is 0 Å². The normalized spacial score (nSPS) is 17.2. The van der Waals surface area contributed by atoms with E-state index in [0.717, 1.165) is 11.6 Å². The van der Waals surface area contributed by atoms with Crippen molar-refractivity contribution >= 4 is 17.9 Å². The highest BCUT2D eigenvalue weighted by Crippen LogP contribution is 2.44. The maximum Gasteiger partial charge on any atom is 0.416 e. The molecule has 0 saturated heterocycles. The van der Waals surface area contributed by atoms with Crippen LogP contribution in [0.4, 0.5) is 13.2 Å². The van der Waals surface area contributed by atoms with Gasteiger partial charge in [0, 0.05) is 36.5 Å². The predicted molar refractivity (Wildman–Crippen MR) is 179 cm³/mol. The Bertz CT molecular complexity index is 1840. The van der Waals surface area contributed by atoms with E-state index < -0.39 is 35.8 Å². The SMILES string of the molecule is [N-]=[N+]=NCc1ccccc1[C@H]1OC(c2ccc(OCCCO)cc2)=N[C@@]1(C/C=C/c1ccccc1)C(=O)NCc1ccccc1C(F)(F)F. The molecule has 1 heterocycles. The fourth-order valence-corrected chi connectivity index (χ4v) is 5.55. The number of carbonyl (C=O) groups excluding carboxylic acids is 1. The van der Waals surface area contributed by atoms with Gasteiger partial charge in [0.2, 0.25) is 5.90 Å². The Morgan fingerprint density at radius 2 is 1.69 bits per heavy atom. The van der Waals surface area contributed by atoms with Crippen molar-refractivity contribution in [3.8, 4) is 5.75 Å². The smallest absolute Gasteiger partial charge is 0.416 e. The van der Waals surface area contributed by atoms with Crippen molar-refractivity contribution in [3.63, 3.8) is 0 Å². The van der Waals surface area contributed by atoms with Crippen LogP contribution in [-0.4, -0.2) is 35.7 Å². The minimum absolute atomic E-state index is 0.00404. The number of alkyl halides is 3. The van der Waals surface area contributed by atoms with Crippen molar-refractivity contribution in [1.82, 2.24) is 5.32 Å². The number of hydrogen-bond acceptors (Lipinski definition) is 6. The van der Waals surface area contributed by atoms with Crippen LogP contribution >= 0.6 is 0 Å². The lowest BCUT2D eigenvalue weighted by Crippen LogP contribution is -2.48. The van der Waals surface area contributed by atoms with Gasteiger partial charge in [0.1, 0.15) is 5.75 Å². The van der Waals surface area contributed by atoms with E-state index in [1.807, 2.05) is 36.4 Å². The summed E-state index contributed by atoms with van der Waals surface area (Å²) in [6.45, 7) is -0.115. The van der Waals surface area contributed by atoms with E-state index in [1.54, 1.807) is 54.6 Å². The van der Waals surface area contributed by atoms with E-state index in [9.17, 15) is 18.0 Å². The van der Waals surface area contributed by atoms with Crippen LogP contribution in [-0.2, 0) is 28.8 Å². The summed E-state index contributed by atoms with van der Waals surface area (Å²) in [5, 5.41) is 15.5. The molecule has 1 amide bonds. The standard InChI is InChI=1S/C37H34F3N5O4/c38-37(39,40)32-16-7-5-14-29(32)24-42-35(47)36(21-8-12-26-10-2-1-3-11-26)33(31-15-6-4-13-28(31)25-43-45-41)49-34(44-36)27-17-19-30(20-18-27)48-23-9-22-46/h1-8,10-20,33,46H,9,21-25H2,(H,42,47)/b12-8+/t33-,36-/m1/s1. The molecule has 0 bridgehead atoms. The molecule has 0 unspecified atom stereocenters. The summed E-state index contributed by atoms with van der Waals surface area (Å²) < 4.78 is 53.7. The topological polar surface area (TPSA) is 129 Å². The van der Waals surface area contributed by atoms with Crippen molar-refractivity contribution < 1.29 is 32.5 Å². The van der Waals surface area contributed by atoms with Gasteiger partial charge in [0.25, 0.3) is 5.91 Å². The van der Waals surface area contributed by atoms with Gasteiger partial charge in [0.15, 0.2) is 11.6 Å². The number of azide groups is 1. The molecule has 0 aromatic heterocycles. The molecular weight excluding hydrogens is 635 g/mol. The first-order valence-corrected chi connectivity index (χ1v) is 15.6. The largest absolute Gasteiger partial charge is 0.494 e. The second-order valence-corrected chi connectivity index (χ2v) is 11.2. The number of aliphatic imine (C=N–C) groups is 1. The van der Waals surface area contributed by atoms with Gasteiger partial charge < -0.3 is 19.9 Å². The Hall–Kier alpha value is -5.58. The number of carbonyl (C=O) groups is 1. The highest BCUT2D eigenvalue weighted by Gasteiger charge is 2.53. The Morgan fingerprint density at radius 1 is 1.00 bits per heavy atom. The second-order valence-electron chi connectivity index (χ2n) is 11.2. The summed E-state index contributed by atoms with van der Waals surface area (Å²) in [7, 11) is 0. The zero-order valence-electron chi connectivity index (χ0n) is 26.4. The molecule has 4 aromatic carbocycles. The molecule has 0 fully saturated rings. The van der Waals surface area contributed by atoms with Gasteiger partial charge in [0.05, 0.1) is 18.7 Å². The third kappa shape index (κ3) is 8.48. The van der Waals surface area contributed by atoms with Crippen LogP contribution in [0, 0.1) is 0 Å². The molecule has 12 heteroatoms. The van der Waals surface area contributed by atoms with Crippen molar-refractivity contribution in [3.05, 3.63) is 153 Å². The minimum Gasteiger partial charge on any atom is -0.494 e. The maximum absolute atomic E-state index is 14.5. The molecule has 0 saturated carbocycles. The highest BCUT2D eigenvalue weighted by atomic mass is 19.4. The predicted octanol–water partition coefficient (Wildman–Crippen LogP) is 7.95. The molecule has 0 radical (unpaired) electrons. The van der Waals surface area contributed by atoms with Crippen molar-refractivity contribution in [2.24, 2.45) is 10.1 Å². The summed E-state index contributed by atoms with van der Waals surface area (Å²) in [6, 6.07) is 28.4. The molecule has 0 aliphatic carbocycles. The van der Waals surface area contributed by atoms with Crippen LogP contribution in [0.2, 0.25) is 0 Å². The fourth-order valence-electron chi connectivity index (χ4n) is 5.55. The monoisotopic (exact) mass is 669 g/mol. The summed E-state index contributed by atoms with van der Waals surface area (Å²) in [5.41, 5.74) is 8.98. The van der Waals surface area contributed by atoms with Crippen LogP contribution in [0.25, 0.3) is 16.5 Å². The molecular formula is C37H34F3N5O4. The van der Waals surface area contributed by atoms with Crippen molar-refractivity contribution in [2.75, 3.05) is 13.2 Å². The number of nitrogens with one attached hydrogen (secondary N) is 1. The Balaban J connectivity index is 1.59. The first-order chi connectivity index (χ1) is 23.7. The van der Waals surface area contributed by atoms with E-state index in [-0.39, 0.29) is 31.0 Å². The number of ether oxygens (including phenoxy) is 2. The van der Waals surface area contributed by atoms with E-state index in [0.29, 0.717) is 35.5 Å². The number of aliphatic hydroxyl groups is 1. The van der Waals surface area contributed by atoms with Crippen LogP contribution in [0.3, 0.4) is 0 Å². The molecule has 252 valence electrons. The summed E-state index contributed by atoms with van der Waals surface area (Å²) in [5.74, 6) is 0.0550. The zero-order chi connectivity index (χ0) is 34.7. The fraction of sp³-hybridized carbons (Fsp3) is 0.243. The molecule has 4 aromatic rings. The third-order valence-corrected chi connectivity index (χ3v) is 7.97. The Labute approximate surface area is 281 Å². The number of rotatable bonds is 14. The molecule has 1 aliphatic heterocycles. The van der Waals surface area contributed by atoms with Gasteiger partial charge >= 0.3 is 6.18 Å². The summed E-state index contributed by atoms with van der Waals surface area (Å²) in [4.78, 5) is 22.3. The van der Waals surface area contributed by atoms with E-state index in [4.69, 9.17) is 25.1 Å². The molecule has 0 spiro atoms. The number of nitrogens with zero attached hydrogens (tertiary/aromatic N) is 4. The van der Waals surface area contributed by atoms with Gasteiger partial charge in [-0.3, -0.25) is 4.79 Å². The Kier molecular flexibility index (Phi) is 11.4. The number of benzene rings is 4. The maximum atomic E-state index is 14.5. The molecule has 5 rings (SSSR count). The summed E-state index contributed by atoms with van der Waals surface area (Å²) >= 11 is 0. The van der Waals surface area contributed by atoms with Crippen LogP contribution in [0.15, 0.2) is 119 Å². The molecule has 49 heavy (non-hydrogen) atoms. The molecule has 9 nitrogen and oxygen atoms in total. The first kappa shape index (κ1) is 34.7. The second kappa shape index (κ2) is 16.0. The number of halogens is 3. The van der Waals surface area contributed by atoms with Crippen molar-refractivity contribution in [2.45, 2.75) is 43.8 Å². The van der Waals surface area contributed by atoms with E-state index >= 15 is 0 Å². The van der Waals surface area contributed by atoms with Crippen LogP contribution in [0.5, 0.6) is 5.75 Å². The van der Waals surface area contributed by atoms with Crippen LogP contribution in [0.1, 0.15) is 52.3 Å². The van der Waals surface area contributed by atoms with Gasteiger partial charge in [-0.1, -0.05) is 90.1 Å². The quantitative estimate of drug-likeness (QED) is 0.0611. The molecule has 2 N–H and O–H groups in total. The third-order valence-electron chi connectivity index (χ3n) is 7.97. The van der Waals surface area contributed by atoms with Gasteiger partial charge in [-0.05, 0) is 58.1 Å². The lowest BCUT2D eigenvalue weighted by molar-refractivity contribution is -0.138. The number of aliphatic hydroxyl groups excluding tert-OH is 1. The lowest BCUT2D eigenvalue weighted by atomic mass is 9.82. The van der Waals surface area contributed by atoms with Gasteiger partial charge in [-0.2, -0.15) is 13.2 Å². The van der Waals surface area contributed by atoms with E-state index in [2.05, 4.69) is 15.3 Å². The lowest BCUT2D eigenvalue weighted by Gasteiger charge is -2.31. The van der Waals surface area contributed by atoms with Gasteiger partial charge in [-0.25, -0.2) is 4.99 Å². The minimum atomic E-state index is -4.62. The molecule has 2 atom stereocenters. The number of hydrogen-bond donors (Lipinski definition) is 2. The Morgan fingerprint density at radius 3 is 2.41 bits per heavy atom. The average molecular weight is 670 g/mol.